The second-order valence-corrected chi connectivity index (χ2v) is 6.30. The van der Waals surface area contributed by atoms with Gasteiger partial charge in [-0.05, 0) is 36.5 Å². The molecule has 0 saturated heterocycles. The highest BCUT2D eigenvalue weighted by Crippen LogP contribution is 2.34. The number of nitrogens with zero attached hydrogens (tertiary/aromatic N) is 2. The molecule has 0 bridgehead atoms. The molecule has 23 heavy (non-hydrogen) atoms. The zero-order valence-electron chi connectivity index (χ0n) is 13.0. The Morgan fingerprint density at radius 3 is 2.74 bits per heavy atom. The van der Waals surface area contributed by atoms with Gasteiger partial charge >= 0.3 is 0 Å². The third-order valence-electron chi connectivity index (χ3n) is 4.66. The van der Waals surface area contributed by atoms with Crippen LogP contribution in [0.2, 0.25) is 0 Å². The lowest BCUT2D eigenvalue weighted by atomic mass is 9.98. The first kappa shape index (κ1) is 14.3. The Bertz CT molecular complexity index is 733. The van der Waals surface area contributed by atoms with Gasteiger partial charge in [-0.15, -0.1) is 0 Å². The summed E-state index contributed by atoms with van der Waals surface area (Å²) in [5, 5.41) is 0. The van der Waals surface area contributed by atoms with Crippen molar-refractivity contribution in [1.82, 2.24) is 9.55 Å². The third kappa shape index (κ3) is 3.09. The molecule has 0 N–H and O–H groups in total. The minimum atomic E-state index is -0.277. The molecular weight excluding hydrogens is 292 g/mol. The number of ether oxygens (including phenoxy) is 2. The van der Waals surface area contributed by atoms with Crippen LogP contribution in [0.3, 0.4) is 0 Å². The molecule has 0 spiro atoms. The maximum atomic E-state index is 11.2. The second-order valence-electron chi connectivity index (χ2n) is 6.30. The SMILES string of the molecule is O=c1ccn2c(n1)OC(COc1ccc(C3CCCC3)cc1)C2. The van der Waals surface area contributed by atoms with E-state index in [1.54, 1.807) is 6.20 Å². The van der Waals surface area contributed by atoms with E-state index in [0.717, 1.165) is 11.7 Å². The van der Waals surface area contributed by atoms with Crippen LogP contribution in [0.1, 0.15) is 37.2 Å². The fourth-order valence-corrected chi connectivity index (χ4v) is 3.42. The molecule has 2 heterocycles. The Balaban J connectivity index is 1.34. The van der Waals surface area contributed by atoms with Gasteiger partial charge in [0, 0.05) is 12.3 Å². The monoisotopic (exact) mass is 312 g/mol. The van der Waals surface area contributed by atoms with Crippen LogP contribution in [0.5, 0.6) is 11.8 Å². The van der Waals surface area contributed by atoms with Gasteiger partial charge in [-0.2, -0.15) is 4.98 Å². The van der Waals surface area contributed by atoms with Gasteiger partial charge in [0.05, 0.1) is 6.54 Å². The quantitative estimate of drug-likeness (QED) is 0.871. The van der Waals surface area contributed by atoms with Crippen LogP contribution in [0.25, 0.3) is 0 Å². The molecule has 2 aliphatic rings. The molecule has 1 unspecified atom stereocenters. The lowest BCUT2D eigenvalue weighted by Gasteiger charge is -2.13. The van der Waals surface area contributed by atoms with Crippen molar-refractivity contribution in [2.45, 2.75) is 44.2 Å². The first-order valence-corrected chi connectivity index (χ1v) is 8.25. The van der Waals surface area contributed by atoms with Crippen molar-refractivity contribution in [2.75, 3.05) is 6.61 Å². The van der Waals surface area contributed by atoms with Crippen molar-refractivity contribution in [1.29, 1.82) is 0 Å². The van der Waals surface area contributed by atoms with Crippen LogP contribution in [0, 0.1) is 0 Å². The van der Waals surface area contributed by atoms with Crippen molar-refractivity contribution in [3.8, 4) is 11.8 Å². The highest BCUT2D eigenvalue weighted by Gasteiger charge is 2.23. The molecule has 1 aliphatic carbocycles. The summed E-state index contributed by atoms with van der Waals surface area (Å²) in [6.07, 6.45) is 6.90. The van der Waals surface area contributed by atoms with Gasteiger partial charge in [0.25, 0.3) is 11.6 Å². The van der Waals surface area contributed by atoms with Crippen LogP contribution in [-0.4, -0.2) is 22.3 Å². The molecule has 1 fully saturated rings. The summed E-state index contributed by atoms with van der Waals surface area (Å²) >= 11 is 0. The first-order valence-electron chi connectivity index (χ1n) is 8.25. The van der Waals surface area contributed by atoms with Gasteiger partial charge in [-0.3, -0.25) is 9.36 Å². The normalized spacial score (nSPS) is 20.3. The number of rotatable bonds is 4. The zero-order chi connectivity index (χ0) is 15.6. The number of benzene rings is 1. The van der Waals surface area contributed by atoms with Crippen LogP contribution < -0.4 is 15.0 Å². The molecule has 1 atom stereocenters. The fourth-order valence-electron chi connectivity index (χ4n) is 3.42. The lowest BCUT2D eigenvalue weighted by Crippen LogP contribution is -2.23. The zero-order valence-corrected chi connectivity index (χ0v) is 13.0. The maximum absolute atomic E-state index is 11.2. The van der Waals surface area contributed by atoms with Gasteiger partial charge in [-0.25, -0.2) is 0 Å². The minimum absolute atomic E-state index is 0.112. The molecule has 120 valence electrons. The van der Waals surface area contributed by atoms with Gasteiger partial charge in [0.2, 0.25) is 0 Å². The molecule has 5 heteroatoms. The van der Waals surface area contributed by atoms with Gasteiger partial charge in [-0.1, -0.05) is 25.0 Å². The van der Waals surface area contributed by atoms with E-state index in [2.05, 4.69) is 17.1 Å². The van der Waals surface area contributed by atoms with Crippen molar-refractivity contribution < 1.29 is 9.47 Å². The maximum Gasteiger partial charge on any atom is 0.300 e. The van der Waals surface area contributed by atoms with E-state index in [1.165, 1.54) is 37.3 Å². The summed E-state index contributed by atoms with van der Waals surface area (Å²) in [4.78, 5) is 15.1. The van der Waals surface area contributed by atoms with Crippen LogP contribution in [0.15, 0.2) is 41.3 Å². The van der Waals surface area contributed by atoms with E-state index < -0.39 is 0 Å². The predicted octanol–water partition coefficient (Wildman–Crippen LogP) is 2.74. The average Bonchev–Trinajstić information content (AvgIpc) is 3.22. The predicted molar refractivity (Wildman–Crippen MR) is 86.1 cm³/mol. The third-order valence-corrected chi connectivity index (χ3v) is 4.66. The number of fused-ring (bicyclic) bond motifs is 1. The van der Waals surface area contributed by atoms with Crippen molar-refractivity contribution in [2.24, 2.45) is 0 Å². The van der Waals surface area contributed by atoms with Crippen molar-refractivity contribution in [3.63, 3.8) is 0 Å². The molecule has 1 aliphatic heterocycles. The van der Waals surface area contributed by atoms with E-state index in [0.29, 0.717) is 19.2 Å². The van der Waals surface area contributed by atoms with Crippen molar-refractivity contribution in [3.05, 3.63) is 52.4 Å². The van der Waals surface area contributed by atoms with Crippen LogP contribution in [0.4, 0.5) is 0 Å². The molecule has 4 rings (SSSR count). The highest BCUT2D eigenvalue weighted by molar-refractivity contribution is 5.30. The van der Waals surface area contributed by atoms with Gasteiger partial charge in [0.1, 0.15) is 12.4 Å². The molecule has 1 aromatic heterocycles. The number of aromatic nitrogens is 2. The summed E-state index contributed by atoms with van der Waals surface area (Å²) in [7, 11) is 0. The first-order chi connectivity index (χ1) is 11.3. The second kappa shape index (κ2) is 6.07. The molecule has 1 saturated carbocycles. The Hall–Kier alpha value is -2.30. The largest absolute Gasteiger partial charge is 0.490 e. The summed E-state index contributed by atoms with van der Waals surface area (Å²) in [6.45, 7) is 1.10. The van der Waals surface area contributed by atoms with Gasteiger partial charge in [0.15, 0.2) is 6.10 Å². The van der Waals surface area contributed by atoms with E-state index in [9.17, 15) is 4.79 Å². The summed E-state index contributed by atoms with van der Waals surface area (Å²) in [6, 6.07) is 10.2. The van der Waals surface area contributed by atoms with E-state index in [-0.39, 0.29) is 11.7 Å². The Morgan fingerprint density at radius 1 is 1.17 bits per heavy atom. The lowest BCUT2D eigenvalue weighted by molar-refractivity contribution is 0.143. The van der Waals surface area contributed by atoms with E-state index in [4.69, 9.17) is 9.47 Å². The van der Waals surface area contributed by atoms with Crippen LogP contribution in [-0.2, 0) is 6.54 Å². The Labute approximate surface area is 134 Å². The molecule has 5 nitrogen and oxygen atoms in total. The summed E-state index contributed by atoms with van der Waals surface area (Å²) in [5.74, 6) is 1.58. The molecular formula is C18H20N2O3. The number of hydrogen-bond acceptors (Lipinski definition) is 4. The van der Waals surface area contributed by atoms with Gasteiger partial charge < -0.3 is 9.47 Å². The van der Waals surface area contributed by atoms with Crippen LogP contribution >= 0.6 is 0 Å². The Morgan fingerprint density at radius 2 is 1.96 bits per heavy atom. The standard InChI is InChI=1S/C18H20N2O3/c21-17-9-10-20-11-16(23-18(20)19-17)12-22-15-7-5-14(6-8-15)13-3-1-2-4-13/h5-10,13,16H,1-4,11-12H2. The topological polar surface area (TPSA) is 53.4 Å². The summed E-state index contributed by atoms with van der Waals surface area (Å²) < 4.78 is 13.3. The highest BCUT2D eigenvalue weighted by atomic mass is 16.6. The Kier molecular flexibility index (Phi) is 3.77. The molecule has 0 radical (unpaired) electrons. The molecule has 1 aromatic carbocycles. The fraction of sp³-hybridized carbons (Fsp3) is 0.444. The average molecular weight is 312 g/mol. The van der Waals surface area contributed by atoms with Crippen molar-refractivity contribution >= 4 is 0 Å². The smallest absolute Gasteiger partial charge is 0.300 e. The van der Waals surface area contributed by atoms with E-state index in [1.807, 2.05) is 16.7 Å². The number of hydrogen-bond donors (Lipinski definition) is 0. The molecule has 0 amide bonds. The minimum Gasteiger partial charge on any atom is -0.490 e. The summed E-state index contributed by atoms with van der Waals surface area (Å²) in [5.41, 5.74) is 1.14. The van der Waals surface area contributed by atoms with E-state index >= 15 is 0 Å². The molecule has 2 aromatic rings.